The molecule has 0 aromatic heterocycles. The van der Waals surface area contributed by atoms with E-state index in [1.807, 2.05) is 57.2 Å². The summed E-state index contributed by atoms with van der Waals surface area (Å²) in [5.41, 5.74) is 6.15. The van der Waals surface area contributed by atoms with Gasteiger partial charge in [-0.15, -0.1) is 0 Å². The Morgan fingerprint density at radius 2 is 1.60 bits per heavy atom. The predicted octanol–water partition coefficient (Wildman–Crippen LogP) is 3.46. The Kier molecular flexibility index (Phi) is 4.62. The number of benzene rings is 2. The van der Waals surface area contributed by atoms with E-state index in [2.05, 4.69) is 12.2 Å². The Hall–Kier alpha value is -2.62. The van der Waals surface area contributed by atoms with Gasteiger partial charge >= 0.3 is 0 Å². The lowest BCUT2D eigenvalue weighted by atomic mass is 10.1. The van der Waals surface area contributed by atoms with Crippen molar-refractivity contribution in [2.45, 2.75) is 40.2 Å². The zero-order valence-electron chi connectivity index (χ0n) is 15.2. The molecule has 0 radical (unpaired) electrons. The molecule has 0 unspecified atom stereocenters. The summed E-state index contributed by atoms with van der Waals surface area (Å²) in [7, 11) is 0. The van der Waals surface area contributed by atoms with E-state index in [0.717, 1.165) is 22.4 Å². The van der Waals surface area contributed by atoms with E-state index in [9.17, 15) is 9.59 Å². The minimum atomic E-state index is -0.164. The Labute approximate surface area is 148 Å². The molecule has 25 heavy (non-hydrogen) atoms. The zero-order chi connectivity index (χ0) is 18.1. The van der Waals surface area contributed by atoms with Gasteiger partial charge in [-0.05, 0) is 74.2 Å². The Balaban J connectivity index is 1.70. The molecule has 2 aromatic rings. The van der Waals surface area contributed by atoms with Crippen LogP contribution in [-0.4, -0.2) is 24.4 Å². The standard InChI is InChI=1S/C21H24N2O2/c1-13-5-7-17(9-15(13)3)21(25)22-18-11-20(24)23(12-18)19-8-6-14(2)16(4)10-19/h5-10,18H,11-12H2,1-4H3,(H,22,25)/t18-/m0/s1. The average Bonchev–Trinajstić information content (AvgIpc) is 2.93. The highest BCUT2D eigenvalue weighted by atomic mass is 16.2. The van der Waals surface area contributed by atoms with Crippen LogP contribution in [0.5, 0.6) is 0 Å². The number of nitrogens with one attached hydrogen (secondary N) is 1. The number of hydrogen-bond acceptors (Lipinski definition) is 2. The van der Waals surface area contributed by atoms with E-state index in [4.69, 9.17) is 0 Å². The highest BCUT2D eigenvalue weighted by molar-refractivity contribution is 5.99. The van der Waals surface area contributed by atoms with E-state index < -0.39 is 0 Å². The monoisotopic (exact) mass is 336 g/mol. The van der Waals surface area contributed by atoms with Crippen LogP contribution < -0.4 is 10.2 Å². The van der Waals surface area contributed by atoms with Gasteiger partial charge in [0.25, 0.3) is 5.91 Å². The van der Waals surface area contributed by atoms with Crippen LogP contribution in [0.1, 0.15) is 39.0 Å². The van der Waals surface area contributed by atoms with Crippen molar-refractivity contribution in [2.24, 2.45) is 0 Å². The molecular weight excluding hydrogens is 312 g/mol. The minimum absolute atomic E-state index is 0.0497. The molecule has 3 rings (SSSR count). The first-order valence-electron chi connectivity index (χ1n) is 8.61. The maximum atomic E-state index is 12.5. The molecule has 0 spiro atoms. The SMILES string of the molecule is Cc1ccc(C(=O)N[C@H]2CC(=O)N(c3ccc(C)c(C)c3)C2)cc1C. The molecule has 1 saturated heterocycles. The first-order chi connectivity index (χ1) is 11.8. The van der Waals surface area contributed by atoms with Crippen LogP contribution in [0.15, 0.2) is 36.4 Å². The van der Waals surface area contributed by atoms with Crippen molar-refractivity contribution in [3.63, 3.8) is 0 Å². The second-order valence-corrected chi connectivity index (χ2v) is 6.95. The molecule has 1 heterocycles. The molecular formula is C21H24N2O2. The summed E-state index contributed by atoms with van der Waals surface area (Å²) in [6.07, 6.45) is 0.337. The molecule has 1 aliphatic rings. The highest BCUT2D eigenvalue weighted by Crippen LogP contribution is 2.24. The van der Waals surface area contributed by atoms with Gasteiger partial charge in [0, 0.05) is 24.2 Å². The quantitative estimate of drug-likeness (QED) is 0.933. The maximum Gasteiger partial charge on any atom is 0.251 e. The van der Waals surface area contributed by atoms with Gasteiger partial charge in [0.15, 0.2) is 0 Å². The van der Waals surface area contributed by atoms with Crippen LogP contribution in [-0.2, 0) is 4.79 Å². The second-order valence-electron chi connectivity index (χ2n) is 6.95. The van der Waals surface area contributed by atoms with Gasteiger partial charge in [-0.2, -0.15) is 0 Å². The number of carbonyl (C=O) groups is 2. The van der Waals surface area contributed by atoms with Crippen molar-refractivity contribution < 1.29 is 9.59 Å². The summed E-state index contributed by atoms with van der Waals surface area (Å²) in [5, 5.41) is 3.00. The fourth-order valence-corrected chi connectivity index (χ4v) is 3.10. The normalized spacial score (nSPS) is 17.0. The van der Waals surface area contributed by atoms with Gasteiger partial charge in [-0.1, -0.05) is 12.1 Å². The molecule has 0 bridgehead atoms. The van der Waals surface area contributed by atoms with Crippen molar-refractivity contribution >= 4 is 17.5 Å². The summed E-state index contributed by atoms with van der Waals surface area (Å²) in [6, 6.07) is 11.5. The highest BCUT2D eigenvalue weighted by Gasteiger charge is 2.31. The second kappa shape index (κ2) is 6.71. The van der Waals surface area contributed by atoms with Gasteiger partial charge in [0.2, 0.25) is 5.91 Å². The molecule has 1 aliphatic heterocycles. The van der Waals surface area contributed by atoms with Crippen molar-refractivity contribution in [2.75, 3.05) is 11.4 Å². The Morgan fingerprint density at radius 1 is 0.960 bits per heavy atom. The molecule has 1 fully saturated rings. The number of rotatable bonds is 3. The van der Waals surface area contributed by atoms with Crippen molar-refractivity contribution in [1.29, 1.82) is 0 Å². The lowest BCUT2D eigenvalue weighted by Gasteiger charge is -2.18. The largest absolute Gasteiger partial charge is 0.347 e. The lowest BCUT2D eigenvalue weighted by Crippen LogP contribution is -2.37. The molecule has 2 aromatic carbocycles. The number of nitrogens with zero attached hydrogens (tertiary/aromatic N) is 1. The van der Waals surface area contributed by atoms with Crippen molar-refractivity contribution in [1.82, 2.24) is 5.32 Å². The predicted molar refractivity (Wildman–Crippen MR) is 100 cm³/mol. The smallest absolute Gasteiger partial charge is 0.251 e. The third-order valence-electron chi connectivity index (χ3n) is 5.03. The summed E-state index contributed by atoms with van der Waals surface area (Å²) in [4.78, 5) is 26.6. The molecule has 1 atom stereocenters. The molecule has 130 valence electrons. The van der Waals surface area contributed by atoms with Gasteiger partial charge in [0.05, 0.1) is 6.04 Å². The number of hydrogen-bond donors (Lipinski definition) is 1. The molecule has 0 aliphatic carbocycles. The van der Waals surface area contributed by atoms with E-state index in [-0.39, 0.29) is 17.9 Å². The molecule has 0 saturated carbocycles. The van der Waals surface area contributed by atoms with E-state index >= 15 is 0 Å². The maximum absolute atomic E-state index is 12.5. The number of amides is 2. The van der Waals surface area contributed by atoms with E-state index in [1.165, 1.54) is 5.56 Å². The zero-order valence-corrected chi connectivity index (χ0v) is 15.2. The number of anilines is 1. The summed E-state index contributed by atoms with van der Waals surface area (Å²) in [6.45, 7) is 8.62. The van der Waals surface area contributed by atoms with Crippen molar-refractivity contribution in [3.05, 3.63) is 64.2 Å². The molecule has 2 amide bonds. The minimum Gasteiger partial charge on any atom is -0.347 e. The van der Waals surface area contributed by atoms with Crippen LogP contribution in [0.2, 0.25) is 0 Å². The third kappa shape index (κ3) is 3.58. The van der Waals surface area contributed by atoms with E-state index in [0.29, 0.717) is 18.5 Å². The number of aryl methyl sites for hydroxylation is 4. The van der Waals surface area contributed by atoms with Crippen LogP contribution in [0.25, 0.3) is 0 Å². The Bertz CT molecular complexity index is 842. The first kappa shape index (κ1) is 17.2. The topological polar surface area (TPSA) is 49.4 Å². The average molecular weight is 336 g/mol. The Morgan fingerprint density at radius 3 is 2.24 bits per heavy atom. The van der Waals surface area contributed by atoms with Gasteiger partial charge in [-0.3, -0.25) is 9.59 Å². The molecule has 1 N–H and O–H groups in total. The summed E-state index contributed by atoms with van der Waals surface area (Å²) in [5.74, 6) is -0.0727. The summed E-state index contributed by atoms with van der Waals surface area (Å²) >= 11 is 0. The number of carbonyl (C=O) groups excluding carboxylic acids is 2. The van der Waals surface area contributed by atoms with Crippen molar-refractivity contribution in [3.8, 4) is 0 Å². The molecule has 4 heteroatoms. The van der Waals surface area contributed by atoms with E-state index in [1.54, 1.807) is 4.90 Å². The van der Waals surface area contributed by atoms with Gasteiger partial charge < -0.3 is 10.2 Å². The van der Waals surface area contributed by atoms with Crippen LogP contribution in [0, 0.1) is 27.7 Å². The molecule has 4 nitrogen and oxygen atoms in total. The third-order valence-corrected chi connectivity index (χ3v) is 5.03. The van der Waals surface area contributed by atoms with Crippen LogP contribution in [0.3, 0.4) is 0 Å². The van der Waals surface area contributed by atoms with Crippen LogP contribution >= 0.6 is 0 Å². The van der Waals surface area contributed by atoms with Gasteiger partial charge in [0.1, 0.15) is 0 Å². The fourth-order valence-electron chi connectivity index (χ4n) is 3.10. The van der Waals surface area contributed by atoms with Crippen LogP contribution in [0.4, 0.5) is 5.69 Å². The fraction of sp³-hybridized carbons (Fsp3) is 0.333. The summed E-state index contributed by atoms with van der Waals surface area (Å²) < 4.78 is 0. The lowest BCUT2D eigenvalue weighted by molar-refractivity contribution is -0.117. The first-order valence-corrected chi connectivity index (χ1v) is 8.61. The van der Waals surface area contributed by atoms with Gasteiger partial charge in [-0.25, -0.2) is 0 Å².